The van der Waals surface area contributed by atoms with Gasteiger partial charge < -0.3 is 14.8 Å². The molecule has 0 aliphatic heterocycles. The van der Waals surface area contributed by atoms with Gasteiger partial charge in [-0.1, -0.05) is 37.0 Å². The molecule has 2 amide bonds. The van der Waals surface area contributed by atoms with Gasteiger partial charge in [0.15, 0.2) is 0 Å². The van der Waals surface area contributed by atoms with Gasteiger partial charge in [-0.3, -0.25) is 9.59 Å². The Balaban J connectivity index is 2.07. The average Bonchev–Trinajstić information content (AvgIpc) is 2.73. The molecule has 2 aromatic carbocycles. The molecule has 0 aliphatic rings. The lowest BCUT2D eigenvalue weighted by atomic mass is 10.0. The smallest absolute Gasteiger partial charge is 0.262 e. The van der Waals surface area contributed by atoms with Crippen molar-refractivity contribution < 1.29 is 19.1 Å². The van der Waals surface area contributed by atoms with Crippen molar-refractivity contribution in [2.75, 3.05) is 14.2 Å². The van der Waals surface area contributed by atoms with E-state index in [1.807, 2.05) is 13.8 Å². The van der Waals surface area contributed by atoms with Crippen LogP contribution < -0.4 is 20.2 Å². The second-order valence-electron chi connectivity index (χ2n) is 6.67. The molecule has 0 radical (unpaired) electrons. The third kappa shape index (κ3) is 6.11. The number of benzene rings is 2. The molecule has 0 saturated carbocycles. The van der Waals surface area contributed by atoms with Crippen LogP contribution in [0.25, 0.3) is 0 Å². The van der Waals surface area contributed by atoms with E-state index >= 15 is 0 Å². The van der Waals surface area contributed by atoms with E-state index in [0.29, 0.717) is 27.6 Å². The molecule has 0 aliphatic carbocycles. The summed E-state index contributed by atoms with van der Waals surface area (Å²) in [4.78, 5) is 25.1. The lowest BCUT2D eigenvalue weighted by Gasteiger charge is -2.20. The van der Waals surface area contributed by atoms with Gasteiger partial charge in [-0.25, -0.2) is 5.43 Å². The number of carbonyl (C=O) groups excluding carboxylic acids is 2. The molecular weight excluding hydrogens is 429 g/mol. The molecule has 2 aromatic rings. The highest BCUT2D eigenvalue weighted by Gasteiger charge is 2.24. The monoisotopic (exact) mass is 451 g/mol. The van der Waals surface area contributed by atoms with Crippen LogP contribution in [0.1, 0.15) is 29.8 Å². The van der Waals surface area contributed by atoms with Crippen molar-refractivity contribution in [1.29, 1.82) is 0 Å². The number of nitrogens with one attached hydrogen (secondary N) is 2. The Hall–Kier alpha value is -2.77. The minimum absolute atomic E-state index is 0.178. The summed E-state index contributed by atoms with van der Waals surface area (Å²) < 4.78 is 10.4. The van der Waals surface area contributed by atoms with Crippen LogP contribution in [-0.2, 0) is 4.79 Å². The molecule has 1 unspecified atom stereocenters. The van der Waals surface area contributed by atoms with E-state index < -0.39 is 17.9 Å². The first-order valence-electron chi connectivity index (χ1n) is 9.07. The average molecular weight is 452 g/mol. The summed E-state index contributed by atoms with van der Waals surface area (Å²) in [5, 5.41) is 7.28. The molecular formula is C21H23Cl2N3O4. The quantitative estimate of drug-likeness (QED) is 0.470. The number of ether oxygens (including phenoxy) is 2. The minimum atomic E-state index is -0.804. The van der Waals surface area contributed by atoms with Crippen molar-refractivity contribution in [1.82, 2.24) is 10.7 Å². The summed E-state index contributed by atoms with van der Waals surface area (Å²) in [6, 6.07) is 8.91. The van der Waals surface area contributed by atoms with Gasteiger partial charge in [-0.2, -0.15) is 5.10 Å². The summed E-state index contributed by atoms with van der Waals surface area (Å²) in [6.45, 7) is 3.63. The van der Waals surface area contributed by atoms with Crippen LogP contribution in [0.15, 0.2) is 41.5 Å². The predicted octanol–water partition coefficient (Wildman–Crippen LogP) is 3.92. The fourth-order valence-electron chi connectivity index (χ4n) is 2.56. The van der Waals surface area contributed by atoms with E-state index in [1.165, 1.54) is 31.5 Å². The van der Waals surface area contributed by atoms with Crippen LogP contribution in [0.4, 0.5) is 0 Å². The summed E-state index contributed by atoms with van der Waals surface area (Å²) in [5.41, 5.74) is 3.40. The molecule has 0 spiro atoms. The zero-order valence-corrected chi connectivity index (χ0v) is 18.5. The molecule has 0 fully saturated rings. The maximum absolute atomic E-state index is 12.6. The predicted molar refractivity (Wildman–Crippen MR) is 118 cm³/mol. The van der Waals surface area contributed by atoms with Crippen molar-refractivity contribution in [2.24, 2.45) is 11.0 Å². The highest BCUT2D eigenvalue weighted by molar-refractivity contribution is 6.42. The summed E-state index contributed by atoms with van der Waals surface area (Å²) in [6.07, 6.45) is 1.45. The normalized spacial score (nSPS) is 12.0. The fraction of sp³-hybridized carbons (Fsp3) is 0.286. The van der Waals surface area contributed by atoms with E-state index in [9.17, 15) is 9.59 Å². The van der Waals surface area contributed by atoms with E-state index in [2.05, 4.69) is 15.8 Å². The van der Waals surface area contributed by atoms with E-state index in [4.69, 9.17) is 32.7 Å². The number of hydrogen-bond acceptors (Lipinski definition) is 5. The molecule has 0 heterocycles. The van der Waals surface area contributed by atoms with Crippen LogP contribution in [0.2, 0.25) is 10.0 Å². The zero-order valence-electron chi connectivity index (χ0n) is 17.0. The number of methoxy groups -OCH3 is 2. The number of amides is 2. The highest BCUT2D eigenvalue weighted by atomic mass is 35.5. The molecule has 0 bridgehead atoms. The largest absolute Gasteiger partial charge is 0.497 e. The zero-order chi connectivity index (χ0) is 22.3. The van der Waals surface area contributed by atoms with Gasteiger partial charge in [0.05, 0.1) is 30.5 Å². The lowest BCUT2D eigenvalue weighted by Crippen LogP contribution is -2.48. The molecule has 2 N–H and O–H groups in total. The van der Waals surface area contributed by atoms with Gasteiger partial charge in [0, 0.05) is 17.2 Å². The van der Waals surface area contributed by atoms with Gasteiger partial charge >= 0.3 is 0 Å². The van der Waals surface area contributed by atoms with Crippen LogP contribution in [0.3, 0.4) is 0 Å². The number of carbonyl (C=O) groups is 2. The topological polar surface area (TPSA) is 89.0 Å². The molecule has 0 aromatic heterocycles. The molecule has 7 nitrogen and oxygen atoms in total. The number of rotatable bonds is 8. The van der Waals surface area contributed by atoms with Gasteiger partial charge in [-0.15, -0.1) is 0 Å². The molecule has 0 saturated heterocycles. The van der Waals surface area contributed by atoms with Crippen molar-refractivity contribution in [3.05, 3.63) is 57.6 Å². The first-order valence-corrected chi connectivity index (χ1v) is 9.83. The highest BCUT2D eigenvalue weighted by Crippen LogP contribution is 2.23. The summed E-state index contributed by atoms with van der Waals surface area (Å²) >= 11 is 11.8. The first-order chi connectivity index (χ1) is 14.3. The Labute approximate surface area is 185 Å². The van der Waals surface area contributed by atoms with Crippen LogP contribution in [0.5, 0.6) is 11.5 Å². The Morgan fingerprint density at radius 3 is 2.37 bits per heavy atom. The standard InChI is InChI=1S/C21H23Cl2N3O4/c1-12(2)19(25-20(27)13-6-8-16(22)17(23)9-13)21(28)26-24-11-14-5-7-15(29-3)10-18(14)30-4/h5-12,19H,1-4H3,(H,25,27)(H,26,28)/b24-11+. The van der Waals surface area contributed by atoms with Crippen molar-refractivity contribution in [2.45, 2.75) is 19.9 Å². The Bertz CT molecular complexity index is 948. The third-order valence-corrected chi connectivity index (χ3v) is 4.98. The Morgan fingerprint density at radius 2 is 1.77 bits per heavy atom. The maximum atomic E-state index is 12.6. The first kappa shape index (κ1) is 23.5. The van der Waals surface area contributed by atoms with E-state index in [0.717, 1.165) is 0 Å². The van der Waals surface area contributed by atoms with Crippen molar-refractivity contribution in [3.63, 3.8) is 0 Å². The second kappa shape index (κ2) is 10.8. The minimum Gasteiger partial charge on any atom is -0.497 e. The van der Waals surface area contributed by atoms with Gasteiger partial charge in [-0.05, 0) is 36.2 Å². The second-order valence-corrected chi connectivity index (χ2v) is 7.48. The SMILES string of the molecule is COc1ccc(/C=N/NC(=O)C(NC(=O)c2ccc(Cl)c(Cl)c2)C(C)C)c(OC)c1. The third-order valence-electron chi connectivity index (χ3n) is 4.24. The fourth-order valence-corrected chi connectivity index (χ4v) is 2.86. The maximum Gasteiger partial charge on any atom is 0.262 e. The molecule has 1 atom stereocenters. The molecule has 30 heavy (non-hydrogen) atoms. The lowest BCUT2D eigenvalue weighted by molar-refractivity contribution is -0.123. The van der Waals surface area contributed by atoms with Crippen LogP contribution >= 0.6 is 23.2 Å². The van der Waals surface area contributed by atoms with Crippen LogP contribution in [0, 0.1) is 5.92 Å². The van der Waals surface area contributed by atoms with Crippen molar-refractivity contribution >= 4 is 41.2 Å². The van der Waals surface area contributed by atoms with Crippen LogP contribution in [-0.4, -0.2) is 38.3 Å². The molecule has 160 valence electrons. The number of nitrogens with zero attached hydrogens (tertiary/aromatic N) is 1. The molecule has 9 heteroatoms. The Kier molecular flexibility index (Phi) is 8.50. The number of halogens is 2. The molecule has 2 rings (SSSR count). The van der Waals surface area contributed by atoms with Crippen molar-refractivity contribution in [3.8, 4) is 11.5 Å². The van der Waals surface area contributed by atoms with E-state index in [-0.39, 0.29) is 10.9 Å². The van der Waals surface area contributed by atoms with E-state index in [1.54, 1.807) is 25.3 Å². The van der Waals surface area contributed by atoms with Gasteiger partial charge in [0.25, 0.3) is 11.8 Å². The van der Waals surface area contributed by atoms with Gasteiger partial charge in [0.2, 0.25) is 0 Å². The van der Waals surface area contributed by atoms with Gasteiger partial charge in [0.1, 0.15) is 17.5 Å². The Morgan fingerprint density at radius 1 is 1.03 bits per heavy atom. The summed E-state index contributed by atoms with van der Waals surface area (Å²) in [7, 11) is 3.08. The number of hydrazone groups is 1. The summed E-state index contributed by atoms with van der Waals surface area (Å²) in [5.74, 6) is 0.103. The number of hydrogen-bond donors (Lipinski definition) is 2.